The molecule has 4 heteroatoms. The second kappa shape index (κ2) is 28.9. The van der Waals surface area contributed by atoms with Gasteiger partial charge < -0.3 is 0 Å². The minimum atomic E-state index is 1.16. The Morgan fingerprint density at radius 1 is 0.341 bits per heavy atom. The summed E-state index contributed by atoms with van der Waals surface area (Å²) in [5.74, 6) is 0. The molecule has 0 atom stereocenters. The molecule has 2 rings (SSSR count). The summed E-state index contributed by atoms with van der Waals surface area (Å²) in [7, 11) is 0. The van der Waals surface area contributed by atoms with Crippen molar-refractivity contribution in [3.8, 4) is 0 Å². The Morgan fingerprint density at radius 3 is 0.932 bits per heavy atom. The van der Waals surface area contributed by atoms with Crippen LogP contribution in [0.5, 0.6) is 0 Å². The van der Waals surface area contributed by atoms with Gasteiger partial charge >= 0.3 is 0 Å². The van der Waals surface area contributed by atoms with Crippen LogP contribution in [0.1, 0.15) is 194 Å². The zero-order valence-corrected chi connectivity index (χ0v) is 29.9. The van der Waals surface area contributed by atoms with E-state index in [-0.39, 0.29) is 0 Å². The van der Waals surface area contributed by atoms with Gasteiger partial charge in [-0.05, 0) is 51.4 Å². The molecule has 0 aliphatic carbocycles. The first kappa shape index (κ1) is 38.6. The van der Waals surface area contributed by atoms with E-state index < -0.39 is 0 Å². The summed E-state index contributed by atoms with van der Waals surface area (Å²) in [5.41, 5.74) is 0. The second-order valence-electron chi connectivity index (χ2n) is 14.0. The first-order valence-corrected chi connectivity index (χ1v) is 19.9. The lowest BCUT2D eigenvalue weighted by atomic mass is 10.1. The predicted molar refractivity (Wildman–Crippen MR) is 190 cm³/mol. The minimum Gasteiger partial charge on any atom is -0.237 e. The number of aryl methyl sites for hydroxylation is 4. The van der Waals surface area contributed by atoms with E-state index in [9.17, 15) is 0 Å². The van der Waals surface area contributed by atoms with E-state index in [4.69, 9.17) is 0 Å². The van der Waals surface area contributed by atoms with E-state index in [1.165, 1.54) is 193 Å². The van der Waals surface area contributed by atoms with Gasteiger partial charge in [0.25, 0.3) is 0 Å². The number of rotatable bonds is 33. The highest BCUT2D eigenvalue weighted by Crippen LogP contribution is 2.13. The Bertz CT molecular complexity index is 783. The largest absolute Gasteiger partial charge is 0.243 e. The number of nitrogens with zero attached hydrogens (tertiary/aromatic N) is 4. The van der Waals surface area contributed by atoms with Crippen molar-refractivity contribution in [2.45, 2.75) is 220 Å². The average Bonchev–Trinajstić information content (AvgIpc) is 3.69. The SMILES string of the molecule is CCCCCCCCCCCCCC[n+]1ccn(CCCCCCn2cc[n+](CCCCCCCCCCCCCC)c2)c1. The van der Waals surface area contributed by atoms with Gasteiger partial charge in [-0.2, -0.15) is 0 Å². The zero-order valence-electron chi connectivity index (χ0n) is 29.9. The molecule has 0 saturated heterocycles. The molecule has 2 heterocycles. The van der Waals surface area contributed by atoms with Crippen LogP contribution in [0.15, 0.2) is 37.4 Å². The summed E-state index contributed by atoms with van der Waals surface area (Å²) in [6, 6.07) is 0. The fraction of sp³-hybridized carbons (Fsp3) is 0.850. The average molecular weight is 613 g/mol. The molecular formula is C40H76N4+2. The van der Waals surface area contributed by atoms with Gasteiger partial charge in [0.15, 0.2) is 0 Å². The molecule has 0 radical (unpaired) electrons. The molecule has 4 nitrogen and oxygen atoms in total. The van der Waals surface area contributed by atoms with Crippen LogP contribution in [0, 0.1) is 0 Å². The number of unbranched alkanes of at least 4 members (excludes halogenated alkanes) is 25. The van der Waals surface area contributed by atoms with E-state index in [1.807, 2.05) is 0 Å². The molecule has 0 amide bonds. The summed E-state index contributed by atoms with van der Waals surface area (Å²) >= 11 is 0. The Hall–Kier alpha value is -1.58. The molecule has 44 heavy (non-hydrogen) atoms. The van der Waals surface area contributed by atoms with Crippen molar-refractivity contribution in [3.63, 3.8) is 0 Å². The lowest BCUT2D eigenvalue weighted by Crippen LogP contribution is -2.30. The summed E-state index contributed by atoms with van der Waals surface area (Å²) in [4.78, 5) is 0. The number of imidazole rings is 2. The molecular weight excluding hydrogens is 536 g/mol. The van der Waals surface area contributed by atoms with Gasteiger partial charge in [-0.3, -0.25) is 0 Å². The van der Waals surface area contributed by atoms with E-state index in [2.05, 4.69) is 69.6 Å². The third-order valence-corrected chi connectivity index (χ3v) is 9.61. The number of aromatic nitrogens is 4. The van der Waals surface area contributed by atoms with Crippen molar-refractivity contribution in [3.05, 3.63) is 37.4 Å². The normalized spacial score (nSPS) is 11.6. The summed E-state index contributed by atoms with van der Waals surface area (Å²) in [6.45, 7) is 9.29. The summed E-state index contributed by atoms with van der Waals surface area (Å²) < 4.78 is 9.58. The molecule has 0 aliphatic heterocycles. The van der Waals surface area contributed by atoms with Gasteiger partial charge in [-0.1, -0.05) is 142 Å². The Morgan fingerprint density at radius 2 is 0.614 bits per heavy atom. The maximum Gasteiger partial charge on any atom is 0.243 e. The van der Waals surface area contributed by atoms with Crippen LogP contribution < -0.4 is 9.13 Å². The molecule has 2 aromatic heterocycles. The van der Waals surface area contributed by atoms with Crippen molar-refractivity contribution < 1.29 is 9.13 Å². The van der Waals surface area contributed by atoms with E-state index in [0.29, 0.717) is 0 Å². The van der Waals surface area contributed by atoms with Gasteiger partial charge in [0, 0.05) is 0 Å². The van der Waals surface area contributed by atoms with Crippen molar-refractivity contribution in [2.75, 3.05) is 0 Å². The Balaban J connectivity index is 1.35. The van der Waals surface area contributed by atoms with Crippen molar-refractivity contribution in [1.29, 1.82) is 0 Å². The zero-order chi connectivity index (χ0) is 31.2. The standard InChI is InChI=1S/C40H76N4/c1-3-5-7-9-11-13-15-17-19-21-23-27-31-41-35-37-43(39-41)33-29-25-26-30-34-44-38-36-42(40-44)32-28-24-22-20-18-16-14-12-10-8-6-4-2/h35-40H,3-34H2,1-2H3/q+2. The lowest BCUT2D eigenvalue weighted by Gasteiger charge is -2.02. The van der Waals surface area contributed by atoms with Gasteiger partial charge in [-0.15, -0.1) is 0 Å². The minimum absolute atomic E-state index is 1.16. The molecule has 0 saturated carbocycles. The van der Waals surface area contributed by atoms with Crippen LogP contribution in [0.2, 0.25) is 0 Å². The van der Waals surface area contributed by atoms with Crippen LogP contribution in [-0.2, 0) is 26.2 Å². The molecule has 0 unspecified atom stereocenters. The molecule has 0 bridgehead atoms. The Labute approximate surface area is 275 Å². The molecule has 0 spiro atoms. The molecule has 0 aromatic carbocycles. The van der Waals surface area contributed by atoms with Gasteiger partial charge in [0.1, 0.15) is 24.8 Å². The van der Waals surface area contributed by atoms with E-state index in [1.54, 1.807) is 0 Å². The van der Waals surface area contributed by atoms with Crippen LogP contribution in [0.3, 0.4) is 0 Å². The second-order valence-corrected chi connectivity index (χ2v) is 14.0. The maximum atomic E-state index is 2.40. The first-order valence-electron chi connectivity index (χ1n) is 19.9. The quantitative estimate of drug-likeness (QED) is 0.0563. The fourth-order valence-corrected chi connectivity index (χ4v) is 6.62. The summed E-state index contributed by atoms with van der Waals surface area (Å²) in [5, 5.41) is 0. The van der Waals surface area contributed by atoms with E-state index >= 15 is 0 Å². The highest BCUT2D eigenvalue weighted by atomic mass is 15.1. The molecule has 0 fully saturated rings. The van der Waals surface area contributed by atoms with Crippen molar-refractivity contribution >= 4 is 0 Å². The first-order chi connectivity index (χ1) is 21.8. The molecule has 0 aliphatic rings. The number of hydrogen-bond acceptors (Lipinski definition) is 0. The molecule has 0 N–H and O–H groups in total. The van der Waals surface area contributed by atoms with Crippen LogP contribution in [0.25, 0.3) is 0 Å². The topological polar surface area (TPSA) is 17.6 Å². The smallest absolute Gasteiger partial charge is 0.237 e. The van der Waals surface area contributed by atoms with E-state index in [0.717, 1.165) is 13.1 Å². The summed E-state index contributed by atoms with van der Waals surface area (Å²) in [6.07, 6.45) is 53.1. The Kier molecular flexibility index (Phi) is 25.3. The molecule has 254 valence electrons. The van der Waals surface area contributed by atoms with Gasteiger partial charge in [-0.25, -0.2) is 18.3 Å². The third kappa shape index (κ3) is 22.0. The van der Waals surface area contributed by atoms with Crippen molar-refractivity contribution in [2.24, 2.45) is 0 Å². The number of hydrogen-bond donors (Lipinski definition) is 0. The van der Waals surface area contributed by atoms with Crippen LogP contribution in [0.4, 0.5) is 0 Å². The lowest BCUT2D eigenvalue weighted by molar-refractivity contribution is -0.697. The van der Waals surface area contributed by atoms with Crippen molar-refractivity contribution in [1.82, 2.24) is 9.13 Å². The predicted octanol–water partition coefficient (Wildman–Crippen LogP) is 11.5. The maximum absolute atomic E-state index is 2.40. The highest BCUT2D eigenvalue weighted by Gasteiger charge is 2.06. The fourth-order valence-electron chi connectivity index (χ4n) is 6.62. The van der Waals surface area contributed by atoms with Crippen LogP contribution in [-0.4, -0.2) is 9.13 Å². The van der Waals surface area contributed by atoms with Gasteiger partial charge in [0.2, 0.25) is 12.7 Å². The van der Waals surface area contributed by atoms with Crippen LogP contribution >= 0.6 is 0 Å². The monoisotopic (exact) mass is 613 g/mol. The third-order valence-electron chi connectivity index (χ3n) is 9.61. The molecule has 2 aromatic rings. The van der Waals surface area contributed by atoms with Gasteiger partial charge in [0.05, 0.1) is 26.2 Å². The highest BCUT2D eigenvalue weighted by molar-refractivity contribution is 4.68.